The zero-order chi connectivity index (χ0) is 13.7. The van der Waals surface area contributed by atoms with Crippen molar-refractivity contribution < 1.29 is 4.74 Å². The maximum atomic E-state index is 6.43. The summed E-state index contributed by atoms with van der Waals surface area (Å²) in [5.41, 5.74) is 7.64. The number of hydrogen-bond donors (Lipinski definition) is 1. The first-order valence-corrected chi connectivity index (χ1v) is 8.55. The average molecular weight is 281 g/mol. The molecule has 2 atom stereocenters. The zero-order valence-corrected chi connectivity index (χ0v) is 13.0. The molecule has 2 nitrogen and oxygen atoms in total. The lowest BCUT2D eigenvalue weighted by molar-refractivity contribution is -0.0325. The van der Waals surface area contributed by atoms with Crippen LogP contribution in [0.25, 0.3) is 0 Å². The fourth-order valence-corrected chi connectivity index (χ4v) is 3.87. The van der Waals surface area contributed by atoms with Crippen LogP contribution in [0.2, 0.25) is 0 Å². The highest BCUT2D eigenvalue weighted by Crippen LogP contribution is 2.33. The van der Waals surface area contributed by atoms with Crippen LogP contribution in [0.4, 0.5) is 0 Å². The molecule has 1 heterocycles. The Morgan fingerprint density at radius 2 is 2.00 bits per heavy atom. The number of rotatable bonds is 5. The van der Waals surface area contributed by atoms with Crippen LogP contribution in [0.5, 0.6) is 0 Å². The molecule has 0 amide bonds. The fourth-order valence-electron chi connectivity index (χ4n) is 2.83. The third kappa shape index (κ3) is 4.04. The molecule has 1 aromatic rings. The summed E-state index contributed by atoms with van der Waals surface area (Å²) in [6.07, 6.45) is 9.22. The van der Waals surface area contributed by atoms with E-state index in [9.17, 15) is 0 Å². The van der Waals surface area contributed by atoms with Crippen molar-refractivity contribution in [3.8, 4) is 0 Å². The second-order valence-corrected chi connectivity index (χ2v) is 6.66. The molecule has 2 N–H and O–H groups in total. The quantitative estimate of drug-likeness (QED) is 0.802. The van der Waals surface area contributed by atoms with Crippen LogP contribution in [0, 0.1) is 6.92 Å². The van der Waals surface area contributed by atoms with Gasteiger partial charge in [-0.2, -0.15) is 0 Å². The van der Waals surface area contributed by atoms with E-state index in [1.54, 1.807) is 11.3 Å². The van der Waals surface area contributed by atoms with Crippen molar-refractivity contribution in [2.24, 2.45) is 5.73 Å². The summed E-state index contributed by atoms with van der Waals surface area (Å²) in [6.45, 7) is 4.31. The number of thiophene rings is 1. The molecule has 0 aromatic carbocycles. The fraction of sp³-hybridized carbons (Fsp3) is 0.750. The molecular weight excluding hydrogens is 254 g/mol. The molecule has 3 heteroatoms. The average Bonchev–Trinajstić information content (AvgIpc) is 2.68. The van der Waals surface area contributed by atoms with Crippen molar-refractivity contribution in [3.63, 3.8) is 0 Å². The molecule has 19 heavy (non-hydrogen) atoms. The highest BCUT2D eigenvalue weighted by atomic mass is 32.1. The number of ether oxygens (including phenoxy) is 1. The maximum Gasteiger partial charge on any atom is 0.107 e. The van der Waals surface area contributed by atoms with Crippen molar-refractivity contribution in [2.75, 3.05) is 0 Å². The normalized spacial score (nSPS) is 21.0. The van der Waals surface area contributed by atoms with Gasteiger partial charge in [-0.3, -0.25) is 0 Å². The van der Waals surface area contributed by atoms with E-state index in [2.05, 4.69) is 25.3 Å². The second-order valence-electron chi connectivity index (χ2n) is 5.71. The third-order valence-electron chi connectivity index (χ3n) is 4.16. The van der Waals surface area contributed by atoms with Gasteiger partial charge in [0.05, 0.1) is 6.10 Å². The van der Waals surface area contributed by atoms with E-state index < -0.39 is 0 Å². The molecule has 1 fully saturated rings. The van der Waals surface area contributed by atoms with Gasteiger partial charge in [0.15, 0.2) is 0 Å². The molecule has 2 rings (SSSR count). The van der Waals surface area contributed by atoms with E-state index in [0.29, 0.717) is 6.10 Å². The largest absolute Gasteiger partial charge is 0.368 e. The van der Waals surface area contributed by atoms with Crippen LogP contribution in [-0.4, -0.2) is 12.1 Å². The molecule has 0 saturated heterocycles. The Morgan fingerprint density at radius 1 is 1.32 bits per heavy atom. The molecule has 1 aliphatic rings. The van der Waals surface area contributed by atoms with Crippen LogP contribution in [0.15, 0.2) is 11.4 Å². The lowest BCUT2D eigenvalue weighted by Gasteiger charge is -2.28. The number of nitrogens with two attached hydrogens (primary N) is 1. The monoisotopic (exact) mass is 281 g/mol. The lowest BCUT2D eigenvalue weighted by Crippen LogP contribution is -2.32. The minimum Gasteiger partial charge on any atom is -0.368 e. The smallest absolute Gasteiger partial charge is 0.107 e. The van der Waals surface area contributed by atoms with Gasteiger partial charge in [0.25, 0.3) is 0 Å². The van der Waals surface area contributed by atoms with Crippen LogP contribution in [0.3, 0.4) is 0 Å². The summed E-state index contributed by atoms with van der Waals surface area (Å²) in [5.74, 6) is 0. The van der Waals surface area contributed by atoms with E-state index in [1.807, 2.05) is 0 Å². The maximum absolute atomic E-state index is 6.43. The van der Waals surface area contributed by atoms with Gasteiger partial charge in [-0.05, 0) is 43.2 Å². The van der Waals surface area contributed by atoms with Gasteiger partial charge in [0.2, 0.25) is 0 Å². The first-order chi connectivity index (χ1) is 9.22. The predicted molar refractivity (Wildman–Crippen MR) is 82.6 cm³/mol. The minimum atomic E-state index is 0.0908. The molecule has 1 aliphatic carbocycles. The summed E-state index contributed by atoms with van der Waals surface area (Å²) in [6, 6.07) is 2.28. The number of hydrogen-bond acceptors (Lipinski definition) is 3. The Hall–Kier alpha value is -0.380. The Labute approximate surface area is 121 Å². The Morgan fingerprint density at radius 3 is 2.53 bits per heavy atom. The summed E-state index contributed by atoms with van der Waals surface area (Å²) in [7, 11) is 0. The first-order valence-electron chi connectivity index (χ1n) is 7.67. The Balaban J connectivity index is 2.07. The molecule has 2 unspecified atom stereocenters. The van der Waals surface area contributed by atoms with Gasteiger partial charge in [-0.1, -0.05) is 32.6 Å². The van der Waals surface area contributed by atoms with Crippen molar-refractivity contribution in [1.82, 2.24) is 0 Å². The molecular formula is C16H27NOS. The molecule has 1 saturated carbocycles. The molecule has 0 bridgehead atoms. The van der Waals surface area contributed by atoms with Gasteiger partial charge in [-0.15, -0.1) is 11.3 Å². The van der Waals surface area contributed by atoms with Crippen molar-refractivity contribution in [3.05, 3.63) is 21.9 Å². The van der Waals surface area contributed by atoms with Gasteiger partial charge >= 0.3 is 0 Å². The van der Waals surface area contributed by atoms with E-state index in [4.69, 9.17) is 10.5 Å². The van der Waals surface area contributed by atoms with Crippen LogP contribution >= 0.6 is 11.3 Å². The van der Waals surface area contributed by atoms with E-state index in [1.165, 1.54) is 49.0 Å². The third-order valence-corrected chi connectivity index (χ3v) is 5.24. The molecule has 1 aromatic heterocycles. The number of aryl methyl sites for hydroxylation is 1. The molecule has 108 valence electrons. The summed E-state index contributed by atoms with van der Waals surface area (Å²) in [4.78, 5) is 1.33. The predicted octanol–water partition coefficient (Wildman–Crippen LogP) is 4.57. The van der Waals surface area contributed by atoms with Crippen LogP contribution in [-0.2, 0) is 4.74 Å². The summed E-state index contributed by atoms with van der Waals surface area (Å²) < 4.78 is 6.43. The SMILES string of the molecule is CCC(N)C(OC1CCCCCC1)c1sccc1C. The summed E-state index contributed by atoms with van der Waals surface area (Å²) in [5, 5.41) is 2.15. The van der Waals surface area contributed by atoms with Gasteiger partial charge in [0, 0.05) is 10.9 Å². The minimum absolute atomic E-state index is 0.0908. The molecule has 0 aliphatic heterocycles. The second kappa shape index (κ2) is 7.41. The van der Waals surface area contributed by atoms with Gasteiger partial charge < -0.3 is 10.5 Å². The van der Waals surface area contributed by atoms with Crippen LogP contribution < -0.4 is 5.73 Å². The Bertz CT molecular complexity index is 369. The topological polar surface area (TPSA) is 35.2 Å². The highest BCUT2D eigenvalue weighted by molar-refractivity contribution is 7.10. The van der Waals surface area contributed by atoms with E-state index >= 15 is 0 Å². The summed E-state index contributed by atoms with van der Waals surface area (Å²) >= 11 is 1.79. The molecule has 0 radical (unpaired) electrons. The van der Waals surface area contributed by atoms with Crippen molar-refractivity contribution in [1.29, 1.82) is 0 Å². The van der Waals surface area contributed by atoms with E-state index in [0.717, 1.165) is 6.42 Å². The van der Waals surface area contributed by atoms with Crippen molar-refractivity contribution >= 4 is 11.3 Å². The standard InChI is InChI=1S/C16H27NOS/c1-3-14(17)15(16-12(2)10-11-19-16)18-13-8-6-4-5-7-9-13/h10-11,13-15H,3-9,17H2,1-2H3. The first kappa shape index (κ1) is 15.0. The zero-order valence-electron chi connectivity index (χ0n) is 12.2. The Kier molecular flexibility index (Phi) is 5.86. The highest BCUT2D eigenvalue weighted by Gasteiger charge is 2.26. The van der Waals surface area contributed by atoms with Crippen LogP contribution in [0.1, 0.15) is 68.4 Å². The van der Waals surface area contributed by atoms with Crippen molar-refractivity contribution in [2.45, 2.75) is 77.0 Å². The van der Waals surface area contributed by atoms with Gasteiger partial charge in [0.1, 0.15) is 6.10 Å². The molecule has 0 spiro atoms. The lowest BCUT2D eigenvalue weighted by atomic mass is 10.0. The van der Waals surface area contributed by atoms with Gasteiger partial charge in [-0.25, -0.2) is 0 Å². The van der Waals surface area contributed by atoms with E-state index in [-0.39, 0.29) is 12.1 Å².